The Morgan fingerprint density at radius 3 is 2.44 bits per heavy atom. The van der Waals surface area contributed by atoms with E-state index in [4.69, 9.17) is 5.41 Å². The number of hydrogen-bond donors (Lipinski definition) is 3. The van der Waals surface area contributed by atoms with Crippen molar-refractivity contribution in [3.05, 3.63) is 95.2 Å². The van der Waals surface area contributed by atoms with Crippen molar-refractivity contribution >= 4 is 11.8 Å². The fourth-order valence-electron chi connectivity index (χ4n) is 2.57. The molecule has 4 heteroatoms. The first kappa shape index (κ1) is 16.7. The van der Waals surface area contributed by atoms with Gasteiger partial charge in [-0.1, -0.05) is 66.2 Å². The normalized spacial score (nSPS) is 10.3. The van der Waals surface area contributed by atoms with Gasteiger partial charge >= 0.3 is 0 Å². The Hall–Kier alpha value is -3.14. The van der Waals surface area contributed by atoms with Gasteiger partial charge in [0.05, 0.1) is 0 Å². The monoisotopic (exact) mass is 330 g/mol. The average Bonchev–Trinajstić information content (AvgIpc) is 2.64. The zero-order valence-electron chi connectivity index (χ0n) is 14.3. The van der Waals surface area contributed by atoms with Crippen molar-refractivity contribution in [3.63, 3.8) is 0 Å². The minimum Gasteiger partial charge on any atom is -0.352 e. The van der Waals surface area contributed by atoms with Crippen LogP contribution >= 0.6 is 0 Å². The van der Waals surface area contributed by atoms with Crippen LogP contribution in [0.3, 0.4) is 0 Å². The van der Waals surface area contributed by atoms with Crippen molar-refractivity contribution in [2.24, 2.45) is 0 Å². The Balaban J connectivity index is 1.62. The molecule has 0 bridgehead atoms. The standard InChI is InChI=1S/C21H22N4/c1-16-9-11-18(12-10-16)15-24-21(22)25-20-19(8-5-13-23-20)14-17-6-3-2-4-7-17/h2-13H,14-15H2,1H3,(H3,22,23,24,25). The van der Waals surface area contributed by atoms with Crippen LogP contribution in [-0.4, -0.2) is 10.9 Å². The van der Waals surface area contributed by atoms with Gasteiger partial charge in [-0.2, -0.15) is 0 Å². The van der Waals surface area contributed by atoms with E-state index < -0.39 is 0 Å². The smallest absolute Gasteiger partial charge is 0.194 e. The Morgan fingerprint density at radius 1 is 0.920 bits per heavy atom. The highest BCUT2D eigenvalue weighted by molar-refractivity contribution is 5.90. The Labute approximate surface area is 148 Å². The van der Waals surface area contributed by atoms with Crippen molar-refractivity contribution in [2.45, 2.75) is 19.9 Å². The van der Waals surface area contributed by atoms with Crippen molar-refractivity contribution in [1.29, 1.82) is 5.41 Å². The predicted octanol–water partition coefficient (Wildman–Crippen LogP) is 4.12. The van der Waals surface area contributed by atoms with Crippen LogP contribution in [0.15, 0.2) is 72.9 Å². The number of aryl methyl sites for hydroxylation is 1. The first-order chi connectivity index (χ1) is 12.2. The number of nitrogens with one attached hydrogen (secondary N) is 3. The Morgan fingerprint density at radius 2 is 1.68 bits per heavy atom. The second-order valence-corrected chi connectivity index (χ2v) is 6.01. The van der Waals surface area contributed by atoms with E-state index in [1.807, 2.05) is 30.3 Å². The molecule has 0 radical (unpaired) electrons. The lowest BCUT2D eigenvalue weighted by Gasteiger charge is -2.13. The van der Waals surface area contributed by atoms with Crippen LogP contribution < -0.4 is 10.6 Å². The van der Waals surface area contributed by atoms with E-state index in [0.29, 0.717) is 12.4 Å². The summed E-state index contributed by atoms with van der Waals surface area (Å²) in [6.45, 7) is 2.67. The Kier molecular flexibility index (Phi) is 5.42. The van der Waals surface area contributed by atoms with Crippen LogP contribution in [0.4, 0.5) is 5.82 Å². The van der Waals surface area contributed by atoms with Gasteiger partial charge in [-0.15, -0.1) is 0 Å². The molecule has 3 rings (SSSR count). The first-order valence-corrected chi connectivity index (χ1v) is 8.33. The van der Waals surface area contributed by atoms with Gasteiger partial charge in [0.2, 0.25) is 0 Å². The molecule has 0 aliphatic heterocycles. The summed E-state index contributed by atoms with van der Waals surface area (Å²) >= 11 is 0. The van der Waals surface area contributed by atoms with Gasteiger partial charge in [-0.05, 0) is 29.7 Å². The summed E-state index contributed by atoms with van der Waals surface area (Å²) in [6, 6.07) is 22.5. The lowest BCUT2D eigenvalue weighted by atomic mass is 10.1. The summed E-state index contributed by atoms with van der Waals surface area (Å²) in [5.41, 5.74) is 4.66. The molecule has 0 atom stereocenters. The second-order valence-electron chi connectivity index (χ2n) is 6.01. The van der Waals surface area contributed by atoms with Gasteiger partial charge in [0, 0.05) is 19.2 Å². The van der Waals surface area contributed by atoms with Crippen LogP contribution in [0.25, 0.3) is 0 Å². The molecule has 0 aliphatic rings. The molecule has 1 heterocycles. The van der Waals surface area contributed by atoms with Crippen LogP contribution in [0.5, 0.6) is 0 Å². The number of hydrogen-bond acceptors (Lipinski definition) is 2. The van der Waals surface area contributed by atoms with Gasteiger partial charge in [0.15, 0.2) is 5.96 Å². The average molecular weight is 330 g/mol. The van der Waals surface area contributed by atoms with E-state index in [0.717, 1.165) is 17.5 Å². The maximum Gasteiger partial charge on any atom is 0.194 e. The van der Waals surface area contributed by atoms with Gasteiger partial charge in [-0.3, -0.25) is 5.41 Å². The summed E-state index contributed by atoms with van der Waals surface area (Å²) in [6.07, 6.45) is 2.52. The number of pyridine rings is 1. The van der Waals surface area contributed by atoms with Crippen LogP contribution in [0.1, 0.15) is 22.3 Å². The van der Waals surface area contributed by atoms with Gasteiger partial charge < -0.3 is 10.6 Å². The van der Waals surface area contributed by atoms with E-state index in [1.54, 1.807) is 6.20 Å². The Bertz CT molecular complexity index is 826. The zero-order chi connectivity index (χ0) is 17.5. The van der Waals surface area contributed by atoms with Crippen molar-refractivity contribution in [1.82, 2.24) is 10.3 Å². The number of anilines is 1. The van der Waals surface area contributed by atoms with E-state index in [2.05, 4.69) is 58.9 Å². The molecule has 126 valence electrons. The summed E-state index contributed by atoms with van der Waals surface area (Å²) in [5, 5.41) is 14.3. The van der Waals surface area contributed by atoms with Gasteiger partial charge in [0.25, 0.3) is 0 Å². The van der Waals surface area contributed by atoms with Crippen molar-refractivity contribution in [3.8, 4) is 0 Å². The van der Waals surface area contributed by atoms with Crippen LogP contribution in [0, 0.1) is 12.3 Å². The molecular formula is C21H22N4. The van der Waals surface area contributed by atoms with Gasteiger partial charge in [-0.25, -0.2) is 4.98 Å². The molecule has 0 fully saturated rings. The molecule has 4 nitrogen and oxygen atoms in total. The third-order valence-corrected chi connectivity index (χ3v) is 3.96. The summed E-state index contributed by atoms with van der Waals surface area (Å²) in [4.78, 5) is 4.39. The molecular weight excluding hydrogens is 308 g/mol. The van der Waals surface area contributed by atoms with Gasteiger partial charge in [0.1, 0.15) is 5.82 Å². The third kappa shape index (κ3) is 4.91. The minimum absolute atomic E-state index is 0.244. The summed E-state index contributed by atoms with van der Waals surface area (Å²) in [7, 11) is 0. The fraction of sp³-hybridized carbons (Fsp3) is 0.143. The molecule has 0 amide bonds. The predicted molar refractivity (Wildman–Crippen MR) is 103 cm³/mol. The highest BCUT2D eigenvalue weighted by Crippen LogP contribution is 2.16. The van der Waals surface area contributed by atoms with Crippen LogP contribution in [-0.2, 0) is 13.0 Å². The highest BCUT2D eigenvalue weighted by Gasteiger charge is 2.06. The molecule has 25 heavy (non-hydrogen) atoms. The number of nitrogens with zero attached hydrogens (tertiary/aromatic N) is 1. The summed E-state index contributed by atoms with van der Waals surface area (Å²) < 4.78 is 0. The van der Waals surface area contributed by atoms with Crippen LogP contribution in [0.2, 0.25) is 0 Å². The molecule has 3 N–H and O–H groups in total. The van der Waals surface area contributed by atoms with E-state index in [-0.39, 0.29) is 5.96 Å². The molecule has 0 unspecified atom stereocenters. The molecule has 0 aliphatic carbocycles. The first-order valence-electron chi connectivity index (χ1n) is 8.33. The highest BCUT2D eigenvalue weighted by atomic mass is 15.2. The quantitative estimate of drug-likeness (QED) is 0.487. The zero-order valence-corrected chi connectivity index (χ0v) is 14.3. The molecule has 1 aromatic heterocycles. The SMILES string of the molecule is Cc1ccc(CNC(=N)Nc2ncccc2Cc2ccccc2)cc1. The van der Waals surface area contributed by atoms with E-state index >= 15 is 0 Å². The van der Waals surface area contributed by atoms with Crippen molar-refractivity contribution in [2.75, 3.05) is 5.32 Å². The second kappa shape index (κ2) is 8.11. The lowest BCUT2D eigenvalue weighted by molar-refractivity contribution is 0.901. The maximum atomic E-state index is 8.13. The molecule has 0 saturated carbocycles. The maximum absolute atomic E-state index is 8.13. The third-order valence-electron chi connectivity index (χ3n) is 3.96. The summed E-state index contributed by atoms with van der Waals surface area (Å²) in [5.74, 6) is 0.960. The largest absolute Gasteiger partial charge is 0.352 e. The molecule has 0 saturated heterocycles. The van der Waals surface area contributed by atoms with Crippen molar-refractivity contribution < 1.29 is 0 Å². The number of benzene rings is 2. The minimum atomic E-state index is 0.244. The molecule has 2 aromatic carbocycles. The number of aromatic nitrogens is 1. The number of rotatable bonds is 5. The number of guanidine groups is 1. The van der Waals surface area contributed by atoms with E-state index in [9.17, 15) is 0 Å². The molecule has 0 spiro atoms. The topological polar surface area (TPSA) is 60.8 Å². The van der Waals surface area contributed by atoms with E-state index in [1.165, 1.54) is 11.1 Å². The lowest BCUT2D eigenvalue weighted by Crippen LogP contribution is -2.29. The fourth-order valence-corrected chi connectivity index (χ4v) is 2.57. The molecule has 3 aromatic rings.